The fourth-order valence-corrected chi connectivity index (χ4v) is 2.53. The van der Waals surface area contributed by atoms with Gasteiger partial charge in [-0.05, 0) is 19.9 Å². The number of aliphatic hydroxyl groups is 1. The van der Waals surface area contributed by atoms with Crippen LogP contribution in [-0.2, 0) is 13.0 Å². The molecule has 1 atom stereocenters. The van der Waals surface area contributed by atoms with E-state index in [2.05, 4.69) is 5.10 Å². The smallest absolute Gasteiger partial charge is 0.147 e. The molecule has 0 bridgehead atoms. The average molecular weight is 317 g/mol. The second-order valence-electron chi connectivity index (χ2n) is 4.52. The molecule has 0 aliphatic carbocycles. The van der Waals surface area contributed by atoms with Gasteiger partial charge < -0.3 is 5.11 Å². The zero-order valence-electron chi connectivity index (χ0n) is 11.2. The molecular formula is C14H15Cl2FN2O. The molecule has 0 saturated carbocycles. The van der Waals surface area contributed by atoms with E-state index in [0.29, 0.717) is 23.0 Å². The van der Waals surface area contributed by atoms with Crippen LogP contribution in [0.5, 0.6) is 0 Å². The molecule has 0 radical (unpaired) electrons. The molecule has 2 rings (SSSR count). The number of benzene rings is 1. The van der Waals surface area contributed by atoms with Gasteiger partial charge in [0, 0.05) is 18.5 Å². The van der Waals surface area contributed by atoms with Crippen LogP contribution in [0.3, 0.4) is 0 Å². The molecule has 0 fully saturated rings. The third kappa shape index (κ3) is 2.82. The predicted molar refractivity (Wildman–Crippen MR) is 77.7 cm³/mol. The molecule has 1 unspecified atom stereocenters. The number of hydrogen-bond donors (Lipinski definition) is 1. The third-order valence-corrected chi connectivity index (χ3v) is 3.96. The fourth-order valence-electron chi connectivity index (χ4n) is 2.13. The molecule has 3 nitrogen and oxygen atoms in total. The predicted octanol–water partition coefficient (Wildman–Crippen LogP) is 3.93. The SMILES string of the molecule is CCn1nc(C)c(Cl)c1CC(O)c1cccc(Cl)c1F. The van der Waals surface area contributed by atoms with E-state index in [0.717, 1.165) is 0 Å². The standard InChI is InChI=1S/C14H15Cl2FN2O/c1-3-19-11(13(16)8(2)18-19)7-12(20)9-5-4-6-10(15)14(9)17/h4-6,12,20H,3,7H2,1-2H3. The number of hydrogen-bond acceptors (Lipinski definition) is 2. The Balaban J connectivity index is 2.32. The summed E-state index contributed by atoms with van der Waals surface area (Å²) in [5.41, 5.74) is 1.55. The maximum Gasteiger partial charge on any atom is 0.147 e. The zero-order valence-corrected chi connectivity index (χ0v) is 12.7. The van der Waals surface area contributed by atoms with Crippen molar-refractivity contribution in [2.75, 3.05) is 0 Å². The minimum absolute atomic E-state index is 0.00664. The molecule has 0 aliphatic rings. The van der Waals surface area contributed by atoms with E-state index < -0.39 is 11.9 Å². The maximum absolute atomic E-state index is 13.9. The average Bonchev–Trinajstić information content (AvgIpc) is 2.69. The Bertz CT molecular complexity index is 628. The molecule has 108 valence electrons. The highest BCUT2D eigenvalue weighted by atomic mass is 35.5. The number of aromatic nitrogens is 2. The minimum Gasteiger partial charge on any atom is -0.388 e. The number of aryl methyl sites for hydroxylation is 2. The van der Waals surface area contributed by atoms with Crippen molar-refractivity contribution in [3.63, 3.8) is 0 Å². The summed E-state index contributed by atoms with van der Waals surface area (Å²) in [5.74, 6) is -0.600. The van der Waals surface area contributed by atoms with Crippen molar-refractivity contribution in [3.05, 3.63) is 51.0 Å². The molecule has 1 N–H and O–H groups in total. The van der Waals surface area contributed by atoms with Gasteiger partial charge in [-0.25, -0.2) is 4.39 Å². The van der Waals surface area contributed by atoms with E-state index in [9.17, 15) is 9.50 Å². The third-order valence-electron chi connectivity index (χ3n) is 3.18. The molecule has 1 heterocycles. The van der Waals surface area contributed by atoms with Crippen molar-refractivity contribution >= 4 is 23.2 Å². The molecular weight excluding hydrogens is 302 g/mol. The summed E-state index contributed by atoms with van der Waals surface area (Å²) in [6.07, 6.45) is -0.835. The summed E-state index contributed by atoms with van der Waals surface area (Å²) in [6.45, 7) is 4.36. The van der Waals surface area contributed by atoms with Crippen molar-refractivity contribution in [2.45, 2.75) is 32.9 Å². The molecule has 1 aromatic carbocycles. The summed E-state index contributed by atoms with van der Waals surface area (Å²) in [4.78, 5) is 0. The lowest BCUT2D eigenvalue weighted by molar-refractivity contribution is 0.170. The summed E-state index contributed by atoms with van der Waals surface area (Å²) < 4.78 is 15.6. The number of rotatable bonds is 4. The highest BCUT2D eigenvalue weighted by Gasteiger charge is 2.20. The number of halogens is 3. The second kappa shape index (κ2) is 6.12. The van der Waals surface area contributed by atoms with Crippen LogP contribution < -0.4 is 0 Å². The monoisotopic (exact) mass is 316 g/mol. The van der Waals surface area contributed by atoms with Crippen molar-refractivity contribution in [1.82, 2.24) is 9.78 Å². The topological polar surface area (TPSA) is 38.0 Å². The Kier molecular flexibility index (Phi) is 4.68. The van der Waals surface area contributed by atoms with Gasteiger partial charge in [-0.3, -0.25) is 4.68 Å². The summed E-state index contributed by atoms with van der Waals surface area (Å²) >= 11 is 11.9. The highest BCUT2D eigenvalue weighted by molar-refractivity contribution is 6.32. The van der Waals surface area contributed by atoms with Crippen LogP contribution >= 0.6 is 23.2 Å². The second-order valence-corrected chi connectivity index (χ2v) is 5.31. The summed E-state index contributed by atoms with van der Waals surface area (Å²) in [7, 11) is 0. The maximum atomic E-state index is 13.9. The lowest BCUT2D eigenvalue weighted by atomic mass is 10.0. The molecule has 2 aromatic rings. The van der Waals surface area contributed by atoms with Crippen LogP contribution in [0, 0.1) is 12.7 Å². The van der Waals surface area contributed by atoms with Crippen molar-refractivity contribution < 1.29 is 9.50 Å². The van der Waals surface area contributed by atoms with Gasteiger partial charge in [-0.15, -0.1) is 0 Å². The lowest BCUT2D eigenvalue weighted by Crippen LogP contribution is -2.10. The largest absolute Gasteiger partial charge is 0.388 e. The van der Waals surface area contributed by atoms with E-state index in [-0.39, 0.29) is 17.0 Å². The molecule has 0 amide bonds. The molecule has 20 heavy (non-hydrogen) atoms. The molecule has 1 aromatic heterocycles. The van der Waals surface area contributed by atoms with Crippen LogP contribution in [0.4, 0.5) is 4.39 Å². The van der Waals surface area contributed by atoms with Crippen molar-refractivity contribution in [2.24, 2.45) is 0 Å². The van der Waals surface area contributed by atoms with E-state index in [1.165, 1.54) is 12.1 Å². The molecule has 6 heteroatoms. The molecule has 0 spiro atoms. The normalized spacial score (nSPS) is 12.7. The van der Waals surface area contributed by atoms with Gasteiger partial charge in [0.25, 0.3) is 0 Å². The highest BCUT2D eigenvalue weighted by Crippen LogP contribution is 2.29. The Morgan fingerprint density at radius 3 is 2.75 bits per heavy atom. The lowest BCUT2D eigenvalue weighted by Gasteiger charge is -2.14. The molecule has 0 aliphatic heterocycles. The Hall–Kier alpha value is -1.10. The first-order chi connectivity index (χ1) is 9.45. The van der Waals surface area contributed by atoms with Gasteiger partial charge in [0.1, 0.15) is 5.82 Å². The van der Waals surface area contributed by atoms with E-state index in [1.807, 2.05) is 6.92 Å². The first-order valence-electron chi connectivity index (χ1n) is 6.29. The van der Waals surface area contributed by atoms with Crippen LogP contribution in [-0.4, -0.2) is 14.9 Å². The fraction of sp³-hybridized carbons (Fsp3) is 0.357. The quantitative estimate of drug-likeness (QED) is 0.928. The van der Waals surface area contributed by atoms with Crippen LogP contribution in [0.25, 0.3) is 0 Å². The van der Waals surface area contributed by atoms with Crippen molar-refractivity contribution in [1.29, 1.82) is 0 Å². The van der Waals surface area contributed by atoms with Crippen LogP contribution in [0.1, 0.15) is 30.0 Å². The first-order valence-corrected chi connectivity index (χ1v) is 7.05. The van der Waals surface area contributed by atoms with Gasteiger partial charge in [-0.1, -0.05) is 35.3 Å². The zero-order chi connectivity index (χ0) is 14.9. The van der Waals surface area contributed by atoms with Crippen LogP contribution in [0.15, 0.2) is 18.2 Å². The molecule has 0 saturated heterocycles. The van der Waals surface area contributed by atoms with Gasteiger partial charge in [0.15, 0.2) is 0 Å². The minimum atomic E-state index is -1.02. The Morgan fingerprint density at radius 2 is 2.10 bits per heavy atom. The Morgan fingerprint density at radius 1 is 1.40 bits per heavy atom. The van der Waals surface area contributed by atoms with E-state index in [1.54, 1.807) is 17.7 Å². The first kappa shape index (κ1) is 15.3. The summed E-state index contributed by atoms with van der Waals surface area (Å²) in [5, 5.41) is 15.0. The van der Waals surface area contributed by atoms with E-state index in [4.69, 9.17) is 23.2 Å². The van der Waals surface area contributed by atoms with Crippen molar-refractivity contribution in [3.8, 4) is 0 Å². The van der Waals surface area contributed by atoms with Gasteiger partial charge in [0.05, 0.1) is 27.5 Å². The number of aliphatic hydroxyl groups excluding tert-OH is 1. The van der Waals surface area contributed by atoms with E-state index >= 15 is 0 Å². The van der Waals surface area contributed by atoms with Gasteiger partial charge in [-0.2, -0.15) is 5.10 Å². The van der Waals surface area contributed by atoms with Gasteiger partial charge in [0.2, 0.25) is 0 Å². The van der Waals surface area contributed by atoms with Gasteiger partial charge >= 0.3 is 0 Å². The summed E-state index contributed by atoms with van der Waals surface area (Å²) in [6, 6.07) is 4.56. The van der Waals surface area contributed by atoms with Crippen LogP contribution in [0.2, 0.25) is 10.0 Å². The number of nitrogens with zero attached hydrogens (tertiary/aromatic N) is 2. The Labute approximate surface area is 126 Å².